The van der Waals surface area contributed by atoms with E-state index in [4.69, 9.17) is 34.8 Å². The van der Waals surface area contributed by atoms with Crippen molar-refractivity contribution >= 4 is 34.8 Å². The van der Waals surface area contributed by atoms with Crippen molar-refractivity contribution in [3.63, 3.8) is 0 Å². The molecule has 0 bridgehead atoms. The van der Waals surface area contributed by atoms with Crippen molar-refractivity contribution in [3.05, 3.63) is 5.82 Å². The molecule has 92 valence electrons. The van der Waals surface area contributed by atoms with Crippen molar-refractivity contribution in [3.8, 4) is 0 Å². The molecule has 0 saturated carbocycles. The number of rotatable bonds is 1. The van der Waals surface area contributed by atoms with E-state index in [1.807, 2.05) is 0 Å². The normalized spacial score (nSPS) is 14.2. The van der Waals surface area contributed by atoms with Gasteiger partial charge in [0.15, 0.2) is 0 Å². The number of hydrogen-bond donors (Lipinski definition) is 0. The minimum Gasteiger partial charge on any atom is -0.187 e. The van der Waals surface area contributed by atoms with Gasteiger partial charge < -0.3 is 0 Å². The van der Waals surface area contributed by atoms with Gasteiger partial charge in [0.05, 0.1) is 0 Å². The van der Waals surface area contributed by atoms with Gasteiger partial charge in [0.1, 0.15) is 0 Å². The Morgan fingerprint density at radius 3 is 1.81 bits per heavy atom. The predicted molar refractivity (Wildman–Crippen MR) is 43.3 cm³/mol. The lowest BCUT2D eigenvalue weighted by atomic mass is 10.3. The Morgan fingerprint density at radius 1 is 1.00 bits per heavy atom. The Balaban J connectivity index is 3.13. The van der Waals surface area contributed by atoms with Crippen LogP contribution in [0.5, 0.6) is 0 Å². The molecule has 16 heavy (non-hydrogen) atoms. The summed E-state index contributed by atoms with van der Waals surface area (Å²) in [5, 5.41) is 7.89. The van der Waals surface area contributed by atoms with E-state index in [1.165, 1.54) is 0 Å². The molecule has 0 saturated heterocycles. The lowest BCUT2D eigenvalue weighted by Gasteiger charge is -2.15. The van der Waals surface area contributed by atoms with Gasteiger partial charge in [-0.15, -0.1) is 15.0 Å². The molecule has 0 aliphatic rings. The largest absolute Gasteiger partial charge is 0.461 e. The average Bonchev–Trinajstić information content (AvgIpc) is 2.47. The van der Waals surface area contributed by atoms with E-state index in [2.05, 4.69) is 15.4 Å². The summed E-state index contributed by atoms with van der Waals surface area (Å²) in [6, 6.07) is 0. The maximum atomic E-state index is 12.6. The summed E-state index contributed by atoms with van der Waals surface area (Å²) in [5.74, 6) is -7.16. The van der Waals surface area contributed by atoms with Crippen LogP contribution in [-0.2, 0) is 9.84 Å². The Bertz CT molecular complexity index is 382. The van der Waals surface area contributed by atoms with Crippen molar-refractivity contribution in [2.45, 2.75) is 16.0 Å². The number of halogens is 8. The molecule has 4 nitrogen and oxygen atoms in total. The van der Waals surface area contributed by atoms with E-state index in [9.17, 15) is 22.0 Å². The Morgan fingerprint density at radius 2 is 1.50 bits per heavy atom. The second kappa shape index (κ2) is 3.81. The highest BCUT2D eigenvalue weighted by atomic mass is 35.6. The highest BCUT2D eigenvalue weighted by Gasteiger charge is 2.62. The fraction of sp³-hybridized carbons (Fsp3) is 0.750. The molecule has 1 aromatic rings. The second-order valence-corrected chi connectivity index (χ2v) is 4.66. The molecule has 0 unspecified atom stereocenters. The number of aromatic nitrogens is 4. The van der Waals surface area contributed by atoms with Gasteiger partial charge in [0, 0.05) is 0 Å². The van der Waals surface area contributed by atoms with Gasteiger partial charge in [-0.2, -0.15) is 22.0 Å². The molecule has 1 rings (SSSR count). The number of tetrazole rings is 1. The fourth-order valence-corrected chi connectivity index (χ4v) is 0.789. The standard InChI is InChI=1S/C4Cl3F5N4/c5-4(6,7)16-14-1(13-15-16)2(8,9)3(10,11)12. The van der Waals surface area contributed by atoms with E-state index in [1.54, 1.807) is 0 Å². The van der Waals surface area contributed by atoms with E-state index in [-0.39, 0.29) is 4.80 Å². The number of alkyl halides is 8. The highest BCUT2D eigenvalue weighted by molar-refractivity contribution is 6.64. The summed E-state index contributed by atoms with van der Waals surface area (Å²) in [6.07, 6.45) is -5.85. The average molecular weight is 305 g/mol. The maximum absolute atomic E-state index is 12.6. The van der Waals surface area contributed by atoms with Crippen LogP contribution in [0, 0.1) is 0 Å². The molecule has 0 fully saturated rings. The summed E-state index contributed by atoms with van der Waals surface area (Å²) in [4.78, 5) is 0.00660. The molecule has 1 heterocycles. The maximum Gasteiger partial charge on any atom is 0.461 e. The Labute approximate surface area is 99.2 Å². The van der Waals surface area contributed by atoms with E-state index < -0.39 is 21.8 Å². The molecule has 0 aliphatic heterocycles. The van der Waals surface area contributed by atoms with E-state index in [0.717, 1.165) is 0 Å². The minimum absolute atomic E-state index is 0.00660. The monoisotopic (exact) mass is 304 g/mol. The molecular weight excluding hydrogens is 305 g/mol. The van der Waals surface area contributed by atoms with Crippen LogP contribution >= 0.6 is 34.8 Å². The van der Waals surface area contributed by atoms with Crippen LogP contribution < -0.4 is 0 Å². The summed E-state index contributed by atoms with van der Waals surface area (Å²) < 4.78 is 58.4. The molecule has 0 spiro atoms. The summed E-state index contributed by atoms with van der Waals surface area (Å²) >= 11 is 15.4. The first-order valence-electron chi connectivity index (χ1n) is 3.28. The van der Waals surface area contributed by atoms with Gasteiger partial charge in [-0.1, -0.05) is 34.8 Å². The van der Waals surface area contributed by atoms with Crippen molar-refractivity contribution in [2.24, 2.45) is 0 Å². The van der Waals surface area contributed by atoms with Crippen LogP contribution in [-0.4, -0.2) is 26.4 Å². The van der Waals surface area contributed by atoms with Gasteiger partial charge in [-0.05, 0) is 5.21 Å². The topological polar surface area (TPSA) is 43.6 Å². The molecule has 0 aromatic carbocycles. The third kappa shape index (κ3) is 2.46. The van der Waals surface area contributed by atoms with Crippen LogP contribution in [0.1, 0.15) is 5.82 Å². The van der Waals surface area contributed by atoms with Crippen molar-refractivity contribution in [1.82, 2.24) is 20.2 Å². The van der Waals surface area contributed by atoms with Gasteiger partial charge in [-0.25, -0.2) is 0 Å². The first-order chi connectivity index (χ1) is 6.96. The summed E-state index contributed by atoms with van der Waals surface area (Å²) in [7, 11) is 0. The van der Waals surface area contributed by atoms with E-state index >= 15 is 0 Å². The SMILES string of the molecule is FC(F)(F)C(F)(F)c1nnn(C(Cl)(Cl)Cl)n1. The fourth-order valence-electron chi connectivity index (χ4n) is 0.574. The predicted octanol–water partition coefficient (Wildman–Crippen LogP) is 2.61. The van der Waals surface area contributed by atoms with Crippen molar-refractivity contribution < 1.29 is 22.0 Å². The molecule has 1 aromatic heterocycles. The molecule has 0 aliphatic carbocycles. The third-order valence-corrected chi connectivity index (χ3v) is 1.73. The van der Waals surface area contributed by atoms with Crippen LogP contribution in [0.4, 0.5) is 22.0 Å². The second-order valence-electron chi connectivity index (χ2n) is 2.44. The Hall–Kier alpha value is -0.410. The van der Waals surface area contributed by atoms with Gasteiger partial charge in [-0.3, -0.25) is 0 Å². The highest BCUT2D eigenvalue weighted by Crippen LogP contribution is 2.42. The molecule has 0 amide bonds. The van der Waals surface area contributed by atoms with Crippen LogP contribution in [0.15, 0.2) is 0 Å². The van der Waals surface area contributed by atoms with Gasteiger partial charge in [0.2, 0.25) is 0 Å². The van der Waals surface area contributed by atoms with Gasteiger partial charge in [0.25, 0.3) is 5.82 Å². The number of nitrogens with zero attached hydrogens (tertiary/aromatic N) is 4. The van der Waals surface area contributed by atoms with E-state index in [0.29, 0.717) is 0 Å². The molecule has 0 N–H and O–H groups in total. The van der Waals surface area contributed by atoms with Gasteiger partial charge >= 0.3 is 16.0 Å². The quantitative estimate of drug-likeness (QED) is 0.592. The first kappa shape index (κ1) is 13.7. The van der Waals surface area contributed by atoms with Crippen molar-refractivity contribution in [1.29, 1.82) is 0 Å². The zero-order chi connectivity index (χ0) is 12.8. The summed E-state index contributed by atoms with van der Waals surface area (Å²) in [6.45, 7) is 0. The number of hydrogen-bond acceptors (Lipinski definition) is 3. The molecular formula is C4Cl3F5N4. The van der Waals surface area contributed by atoms with Crippen molar-refractivity contribution in [2.75, 3.05) is 0 Å². The minimum atomic E-state index is -5.85. The van der Waals surface area contributed by atoms with Crippen LogP contribution in [0.3, 0.4) is 0 Å². The Kier molecular flexibility index (Phi) is 3.25. The molecule has 0 radical (unpaired) electrons. The zero-order valence-electron chi connectivity index (χ0n) is 6.81. The lowest BCUT2D eigenvalue weighted by Crippen LogP contribution is -2.35. The smallest absolute Gasteiger partial charge is 0.187 e. The third-order valence-electron chi connectivity index (χ3n) is 1.28. The summed E-state index contributed by atoms with van der Waals surface area (Å²) in [5.41, 5.74) is 0. The van der Waals surface area contributed by atoms with Crippen LogP contribution in [0.25, 0.3) is 0 Å². The van der Waals surface area contributed by atoms with Crippen LogP contribution in [0.2, 0.25) is 0 Å². The molecule has 0 atom stereocenters. The zero-order valence-corrected chi connectivity index (χ0v) is 9.08. The molecule has 12 heteroatoms. The lowest BCUT2D eigenvalue weighted by molar-refractivity contribution is -0.292. The first-order valence-corrected chi connectivity index (χ1v) is 4.42.